The Balaban J connectivity index is 1.69. The first-order valence-corrected chi connectivity index (χ1v) is 7.50. The Morgan fingerprint density at radius 1 is 1.40 bits per heavy atom. The number of Topliss-reactive ketones (excluding diaryl/α,β-unsaturated/α-hetero) is 1. The maximum atomic E-state index is 13.0. The molecule has 1 atom stereocenters. The Hall–Kier alpha value is -1.68. The predicted molar refractivity (Wildman–Crippen MR) is 77.7 cm³/mol. The number of nitrogens with one attached hydrogen (secondary N) is 2. The lowest BCUT2D eigenvalue weighted by molar-refractivity contribution is 0.0852. The van der Waals surface area contributed by atoms with Crippen molar-refractivity contribution in [3.63, 3.8) is 0 Å². The molecule has 104 valence electrons. The van der Waals surface area contributed by atoms with Crippen LogP contribution in [0.4, 0.5) is 0 Å². The number of nitrogens with zero attached hydrogens (tertiary/aromatic N) is 1. The van der Waals surface area contributed by atoms with Gasteiger partial charge in [0, 0.05) is 10.9 Å². The number of rotatable bonds is 4. The average Bonchev–Trinajstić information content (AvgIpc) is 2.97. The Kier molecular flexibility index (Phi) is 2.67. The average molecular weight is 269 g/mol. The molecule has 1 aromatic heterocycles. The van der Waals surface area contributed by atoms with Crippen LogP contribution in [-0.4, -0.2) is 28.1 Å². The molecule has 1 aliphatic carbocycles. The van der Waals surface area contributed by atoms with E-state index in [9.17, 15) is 4.79 Å². The molecule has 2 fully saturated rings. The lowest BCUT2D eigenvalue weighted by Crippen LogP contribution is -2.48. The Bertz CT molecular complexity index is 651. The highest BCUT2D eigenvalue weighted by molar-refractivity contribution is 6.05. The van der Waals surface area contributed by atoms with Gasteiger partial charge in [-0.3, -0.25) is 9.89 Å². The molecule has 0 radical (unpaired) electrons. The van der Waals surface area contributed by atoms with Gasteiger partial charge in [0.25, 0.3) is 0 Å². The number of H-pyrrole nitrogens is 1. The first kappa shape index (κ1) is 12.1. The third-order valence-corrected chi connectivity index (χ3v) is 4.71. The summed E-state index contributed by atoms with van der Waals surface area (Å²) in [5.74, 6) is 1.02. The van der Waals surface area contributed by atoms with Crippen molar-refractivity contribution in [3.05, 3.63) is 30.0 Å². The van der Waals surface area contributed by atoms with Gasteiger partial charge in [-0.2, -0.15) is 5.10 Å². The van der Waals surface area contributed by atoms with Crippen molar-refractivity contribution in [1.82, 2.24) is 15.5 Å². The van der Waals surface area contributed by atoms with Gasteiger partial charge in [-0.25, -0.2) is 0 Å². The third kappa shape index (κ3) is 1.95. The first-order valence-electron chi connectivity index (χ1n) is 7.50. The van der Waals surface area contributed by atoms with Gasteiger partial charge >= 0.3 is 0 Å². The van der Waals surface area contributed by atoms with E-state index in [1.807, 2.05) is 18.2 Å². The van der Waals surface area contributed by atoms with E-state index in [0.717, 1.165) is 48.2 Å². The summed E-state index contributed by atoms with van der Waals surface area (Å²) in [5.41, 5.74) is 1.49. The summed E-state index contributed by atoms with van der Waals surface area (Å²) >= 11 is 0. The van der Waals surface area contributed by atoms with Crippen molar-refractivity contribution in [3.8, 4) is 0 Å². The van der Waals surface area contributed by atoms with Crippen LogP contribution in [0.5, 0.6) is 0 Å². The van der Waals surface area contributed by atoms with Gasteiger partial charge in [0.2, 0.25) is 0 Å². The molecule has 2 N–H and O–H groups in total. The van der Waals surface area contributed by atoms with E-state index in [2.05, 4.69) is 15.5 Å². The Morgan fingerprint density at radius 3 is 3.05 bits per heavy atom. The van der Waals surface area contributed by atoms with Crippen molar-refractivity contribution in [2.45, 2.75) is 37.6 Å². The highest BCUT2D eigenvalue weighted by Gasteiger charge is 2.44. The topological polar surface area (TPSA) is 57.8 Å². The number of ketones is 1. The van der Waals surface area contributed by atoms with Crippen LogP contribution < -0.4 is 5.32 Å². The molecule has 1 unspecified atom stereocenters. The van der Waals surface area contributed by atoms with Gasteiger partial charge in [-0.1, -0.05) is 12.8 Å². The summed E-state index contributed by atoms with van der Waals surface area (Å²) in [6, 6.07) is 5.85. The first-order chi connectivity index (χ1) is 9.77. The fourth-order valence-electron chi connectivity index (χ4n) is 3.44. The van der Waals surface area contributed by atoms with E-state index in [1.165, 1.54) is 12.8 Å². The van der Waals surface area contributed by atoms with Crippen molar-refractivity contribution < 1.29 is 4.79 Å². The minimum Gasteiger partial charge on any atom is -0.305 e. The number of aromatic nitrogens is 2. The maximum absolute atomic E-state index is 13.0. The second-order valence-electron chi connectivity index (χ2n) is 6.26. The molecule has 0 bridgehead atoms. The third-order valence-electron chi connectivity index (χ3n) is 4.71. The minimum absolute atomic E-state index is 0.269. The molecule has 1 saturated carbocycles. The maximum Gasteiger partial charge on any atom is 0.182 e. The zero-order valence-electron chi connectivity index (χ0n) is 11.5. The number of hydrogen-bond donors (Lipinski definition) is 2. The van der Waals surface area contributed by atoms with Crippen LogP contribution in [0.1, 0.15) is 42.5 Å². The summed E-state index contributed by atoms with van der Waals surface area (Å²) in [6.07, 6.45) is 7.45. The lowest BCUT2D eigenvalue weighted by atomic mass is 9.83. The van der Waals surface area contributed by atoms with Crippen molar-refractivity contribution >= 4 is 16.7 Å². The summed E-state index contributed by atoms with van der Waals surface area (Å²) in [7, 11) is 0. The van der Waals surface area contributed by atoms with Crippen LogP contribution in [0.2, 0.25) is 0 Å². The van der Waals surface area contributed by atoms with Crippen LogP contribution in [-0.2, 0) is 0 Å². The zero-order chi connectivity index (χ0) is 13.6. The number of carbonyl (C=O) groups is 1. The number of hydrogen-bond acceptors (Lipinski definition) is 3. The summed E-state index contributed by atoms with van der Waals surface area (Å²) in [6.45, 7) is 0.965. The fourth-order valence-corrected chi connectivity index (χ4v) is 3.44. The van der Waals surface area contributed by atoms with Gasteiger partial charge in [0.1, 0.15) is 0 Å². The SMILES string of the molecule is O=C(c1ccc2[nH]ncc2c1)C1(CC2CC2)CCCN1. The van der Waals surface area contributed by atoms with Gasteiger partial charge in [-0.15, -0.1) is 0 Å². The van der Waals surface area contributed by atoms with Gasteiger partial charge < -0.3 is 5.32 Å². The fraction of sp³-hybridized carbons (Fsp3) is 0.500. The molecular weight excluding hydrogens is 250 g/mol. The zero-order valence-corrected chi connectivity index (χ0v) is 11.5. The second kappa shape index (κ2) is 4.42. The van der Waals surface area contributed by atoms with Gasteiger partial charge in [-0.05, 0) is 49.9 Å². The smallest absolute Gasteiger partial charge is 0.182 e. The Morgan fingerprint density at radius 2 is 2.30 bits per heavy atom. The standard InChI is InChI=1S/C16H19N3O/c20-15(12-4-5-14-13(8-12)10-18-19-14)16(6-1-7-17-16)9-11-2-3-11/h4-5,8,10-11,17H,1-3,6-7,9H2,(H,18,19). The van der Waals surface area contributed by atoms with Crippen molar-refractivity contribution in [1.29, 1.82) is 0 Å². The minimum atomic E-state index is -0.307. The highest BCUT2D eigenvalue weighted by Crippen LogP contribution is 2.41. The summed E-state index contributed by atoms with van der Waals surface area (Å²) in [5, 5.41) is 11.5. The summed E-state index contributed by atoms with van der Waals surface area (Å²) < 4.78 is 0. The van der Waals surface area contributed by atoms with E-state index >= 15 is 0 Å². The monoisotopic (exact) mass is 269 g/mol. The molecule has 1 aromatic carbocycles. The van der Waals surface area contributed by atoms with Crippen LogP contribution >= 0.6 is 0 Å². The lowest BCUT2D eigenvalue weighted by Gasteiger charge is -2.28. The van der Waals surface area contributed by atoms with Crippen molar-refractivity contribution in [2.75, 3.05) is 6.54 Å². The normalized spacial score (nSPS) is 26.2. The molecular formula is C16H19N3O. The molecule has 20 heavy (non-hydrogen) atoms. The van der Waals surface area contributed by atoms with Crippen LogP contribution in [0.15, 0.2) is 24.4 Å². The predicted octanol–water partition coefficient (Wildman–Crippen LogP) is 2.67. The molecule has 2 aliphatic rings. The molecule has 4 heteroatoms. The van der Waals surface area contributed by atoms with E-state index in [0.29, 0.717) is 0 Å². The number of aromatic amines is 1. The van der Waals surface area contributed by atoms with Crippen molar-refractivity contribution in [2.24, 2.45) is 5.92 Å². The number of carbonyl (C=O) groups excluding carboxylic acids is 1. The molecule has 0 amide bonds. The summed E-state index contributed by atoms with van der Waals surface area (Å²) in [4.78, 5) is 13.0. The molecule has 4 rings (SSSR count). The van der Waals surface area contributed by atoms with Gasteiger partial charge in [0.15, 0.2) is 5.78 Å². The van der Waals surface area contributed by atoms with E-state index in [1.54, 1.807) is 6.20 Å². The van der Waals surface area contributed by atoms with E-state index in [-0.39, 0.29) is 11.3 Å². The molecule has 1 aliphatic heterocycles. The molecule has 4 nitrogen and oxygen atoms in total. The molecule has 2 aromatic rings. The number of fused-ring (bicyclic) bond motifs is 1. The molecule has 0 spiro atoms. The van der Waals surface area contributed by atoms with Crippen LogP contribution in [0.3, 0.4) is 0 Å². The molecule has 1 saturated heterocycles. The van der Waals surface area contributed by atoms with Gasteiger partial charge in [0.05, 0.1) is 17.3 Å². The van der Waals surface area contributed by atoms with Crippen LogP contribution in [0.25, 0.3) is 10.9 Å². The largest absolute Gasteiger partial charge is 0.305 e. The van der Waals surface area contributed by atoms with Crippen LogP contribution in [0, 0.1) is 5.92 Å². The highest BCUT2D eigenvalue weighted by atomic mass is 16.1. The Labute approximate surface area is 117 Å². The number of benzene rings is 1. The van der Waals surface area contributed by atoms with E-state index < -0.39 is 0 Å². The van der Waals surface area contributed by atoms with E-state index in [4.69, 9.17) is 0 Å². The quantitative estimate of drug-likeness (QED) is 0.839. The molecule has 2 heterocycles. The second-order valence-corrected chi connectivity index (χ2v) is 6.26.